The van der Waals surface area contributed by atoms with Crippen molar-refractivity contribution in [3.8, 4) is 0 Å². The zero-order valence-corrected chi connectivity index (χ0v) is 12.5. The first-order valence-electron chi connectivity index (χ1n) is 7.18. The van der Waals surface area contributed by atoms with E-state index < -0.39 is 0 Å². The Labute approximate surface area is 110 Å². The zero-order valence-electron chi connectivity index (χ0n) is 10.9. The summed E-state index contributed by atoms with van der Waals surface area (Å²) in [5.41, 5.74) is 0. The molecule has 0 aromatic carbocycles. The van der Waals surface area contributed by atoms with Gasteiger partial charge in [0.05, 0.1) is 0 Å². The molecule has 0 amide bonds. The van der Waals surface area contributed by atoms with Crippen molar-refractivity contribution in [3.63, 3.8) is 0 Å². The summed E-state index contributed by atoms with van der Waals surface area (Å²) in [4.78, 5) is 2.75. The van der Waals surface area contributed by atoms with Crippen LogP contribution >= 0.6 is 15.9 Å². The fourth-order valence-electron chi connectivity index (χ4n) is 2.41. The van der Waals surface area contributed by atoms with E-state index in [9.17, 15) is 0 Å². The molecule has 0 spiro atoms. The fraction of sp³-hybridized carbons (Fsp3) is 1.00. The molecule has 1 aliphatic rings. The van der Waals surface area contributed by atoms with Crippen molar-refractivity contribution in [2.75, 3.05) is 18.4 Å². The summed E-state index contributed by atoms with van der Waals surface area (Å²) in [5, 5.41) is 1.16. The Morgan fingerprint density at radius 3 is 2.25 bits per heavy atom. The van der Waals surface area contributed by atoms with E-state index in [1.54, 1.807) is 0 Å². The minimum Gasteiger partial charge on any atom is -0.300 e. The number of rotatable bonds is 10. The van der Waals surface area contributed by atoms with Gasteiger partial charge in [-0.1, -0.05) is 55.0 Å². The van der Waals surface area contributed by atoms with Crippen molar-refractivity contribution in [1.29, 1.82) is 0 Å². The fourth-order valence-corrected chi connectivity index (χ4v) is 2.66. The molecule has 0 aromatic rings. The monoisotopic (exact) mass is 289 g/mol. The lowest BCUT2D eigenvalue weighted by Gasteiger charge is -2.37. The van der Waals surface area contributed by atoms with Gasteiger partial charge < -0.3 is 4.90 Å². The molecule has 0 bridgehead atoms. The average Bonchev–Trinajstić information content (AvgIpc) is 2.22. The molecular weight excluding hydrogens is 262 g/mol. The van der Waals surface area contributed by atoms with E-state index in [1.807, 2.05) is 0 Å². The van der Waals surface area contributed by atoms with Crippen molar-refractivity contribution in [2.24, 2.45) is 0 Å². The predicted molar refractivity (Wildman–Crippen MR) is 76.4 cm³/mol. The maximum Gasteiger partial charge on any atom is 0.00952 e. The van der Waals surface area contributed by atoms with Gasteiger partial charge in [-0.2, -0.15) is 0 Å². The molecule has 0 heterocycles. The van der Waals surface area contributed by atoms with Crippen molar-refractivity contribution < 1.29 is 0 Å². The summed E-state index contributed by atoms with van der Waals surface area (Å²) >= 11 is 3.54. The maximum absolute atomic E-state index is 3.54. The first kappa shape index (κ1) is 14.5. The number of hydrogen-bond acceptors (Lipinski definition) is 1. The van der Waals surface area contributed by atoms with E-state index in [-0.39, 0.29) is 0 Å². The molecular formula is C14H28BrN. The number of hydrogen-bond donors (Lipinski definition) is 0. The Morgan fingerprint density at radius 2 is 1.69 bits per heavy atom. The van der Waals surface area contributed by atoms with Crippen molar-refractivity contribution in [3.05, 3.63) is 0 Å². The molecule has 0 atom stereocenters. The van der Waals surface area contributed by atoms with Crippen LogP contribution in [0.3, 0.4) is 0 Å². The minimum absolute atomic E-state index is 0.935. The van der Waals surface area contributed by atoms with E-state index in [0.717, 1.165) is 11.4 Å². The molecule has 2 heteroatoms. The normalized spacial score (nSPS) is 16.7. The van der Waals surface area contributed by atoms with Gasteiger partial charge in [-0.25, -0.2) is 0 Å². The second kappa shape index (κ2) is 9.47. The van der Waals surface area contributed by atoms with Gasteiger partial charge in [-0.3, -0.25) is 0 Å². The van der Waals surface area contributed by atoms with Crippen LogP contribution < -0.4 is 0 Å². The van der Waals surface area contributed by atoms with E-state index in [0.29, 0.717) is 0 Å². The van der Waals surface area contributed by atoms with Crippen LogP contribution in [-0.2, 0) is 0 Å². The first-order valence-corrected chi connectivity index (χ1v) is 8.30. The molecule has 1 saturated carbocycles. The lowest BCUT2D eigenvalue weighted by atomic mass is 9.91. The van der Waals surface area contributed by atoms with E-state index in [2.05, 4.69) is 27.8 Å². The van der Waals surface area contributed by atoms with Crippen molar-refractivity contribution in [1.82, 2.24) is 4.90 Å². The highest BCUT2D eigenvalue weighted by atomic mass is 79.9. The summed E-state index contributed by atoms with van der Waals surface area (Å²) < 4.78 is 0. The Hall–Kier alpha value is 0.440. The van der Waals surface area contributed by atoms with Gasteiger partial charge in [0.25, 0.3) is 0 Å². The van der Waals surface area contributed by atoms with Crippen LogP contribution in [0, 0.1) is 0 Å². The number of halogens is 1. The predicted octanol–water partition coefficient (Wildman–Crippen LogP) is 4.60. The van der Waals surface area contributed by atoms with Gasteiger partial charge in [-0.15, -0.1) is 0 Å². The largest absolute Gasteiger partial charge is 0.300 e. The van der Waals surface area contributed by atoms with Crippen LogP contribution in [0.15, 0.2) is 0 Å². The Bertz CT molecular complexity index is 157. The van der Waals surface area contributed by atoms with Crippen molar-refractivity contribution >= 4 is 15.9 Å². The lowest BCUT2D eigenvalue weighted by Crippen LogP contribution is -2.41. The summed E-state index contributed by atoms with van der Waals surface area (Å²) in [7, 11) is 0. The molecule has 96 valence electrons. The Balaban J connectivity index is 2.06. The average molecular weight is 290 g/mol. The van der Waals surface area contributed by atoms with Crippen LogP contribution in [0.25, 0.3) is 0 Å². The third-order valence-electron chi connectivity index (χ3n) is 3.72. The van der Waals surface area contributed by atoms with Crippen LogP contribution in [0.1, 0.15) is 64.7 Å². The molecule has 1 nitrogen and oxygen atoms in total. The standard InChI is InChI=1S/C14H28BrN/c1-2-3-4-5-6-12-16(13-8-11-15)14-9-7-10-14/h14H,2-13H2,1H3. The minimum atomic E-state index is 0.935. The first-order chi connectivity index (χ1) is 7.88. The highest BCUT2D eigenvalue weighted by molar-refractivity contribution is 9.09. The van der Waals surface area contributed by atoms with Gasteiger partial charge in [0.1, 0.15) is 0 Å². The Morgan fingerprint density at radius 1 is 1.00 bits per heavy atom. The van der Waals surface area contributed by atoms with Gasteiger partial charge >= 0.3 is 0 Å². The van der Waals surface area contributed by atoms with E-state index >= 15 is 0 Å². The molecule has 0 unspecified atom stereocenters. The van der Waals surface area contributed by atoms with E-state index in [1.165, 1.54) is 70.9 Å². The van der Waals surface area contributed by atoms with Gasteiger partial charge in [0.15, 0.2) is 0 Å². The summed E-state index contributed by atoms with van der Waals surface area (Å²) in [6.45, 7) is 4.95. The topological polar surface area (TPSA) is 3.24 Å². The third kappa shape index (κ3) is 5.67. The molecule has 0 saturated heterocycles. The van der Waals surface area contributed by atoms with Crippen LogP contribution in [0.4, 0.5) is 0 Å². The SMILES string of the molecule is CCCCCCCN(CCCBr)C1CCC1. The second-order valence-electron chi connectivity index (χ2n) is 5.08. The molecule has 1 rings (SSSR count). The quantitative estimate of drug-likeness (QED) is 0.420. The number of nitrogens with zero attached hydrogens (tertiary/aromatic N) is 1. The smallest absolute Gasteiger partial charge is 0.00952 e. The second-order valence-corrected chi connectivity index (χ2v) is 5.87. The molecule has 0 aromatic heterocycles. The van der Waals surface area contributed by atoms with Crippen LogP contribution in [0.5, 0.6) is 0 Å². The third-order valence-corrected chi connectivity index (χ3v) is 4.28. The summed E-state index contributed by atoms with van der Waals surface area (Å²) in [5.74, 6) is 0. The van der Waals surface area contributed by atoms with Crippen molar-refractivity contribution in [2.45, 2.75) is 70.8 Å². The van der Waals surface area contributed by atoms with Gasteiger partial charge in [-0.05, 0) is 38.8 Å². The molecule has 0 radical (unpaired) electrons. The van der Waals surface area contributed by atoms with Gasteiger partial charge in [0, 0.05) is 11.4 Å². The maximum atomic E-state index is 3.54. The molecule has 0 N–H and O–H groups in total. The summed E-state index contributed by atoms with van der Waals surface area (Å²) in [6.07, 6.45) is 12.8. The molecule has 1 fully saturated rings. The van der Waals surface area contributed by atoms with Crippen LogP contribution in [-0.4, -0.2) is 29.4 Å². The summed E-state index contributed by atoms with van der Waals surface area (Å²) in [6, 6.07) is 0.935. The number of unbranched alkanes of at least 4 members (excludes halogenated alkanes) is 4. The highest BCUT2D eigenvalue weighted by Crippen LogP contribution is 2.25. The molecule has 16 heavy (non-hydrogen) atoms. The lowest BCUT2D eigenvalue weighted by molar-refractivity contribution is 0.125. The molecule has 0 aliphatic heterocycles. The highest BCUT2D eigenvalue weighted by Gasteiger charge is 2.23. The van der Waals surface area contributed by atoms with Gasteiger partial charge in [0.2, 0.25) is 0 Å². The zero-order chi connectivity index (χ0) is 11.6. The van der Waals surface area contributed by atoms with Crippen LogP contribution in [0.2, 0.25) is 0 Å². The molecule has 1 aliphatic carbocycles. The van der Waals surface area contributed by atoms with E-state index in [4.69, 9.17) is 0 Å². The Kier molecular flexibility index (Phi) is 8.58. The number of alkyl halides is 1.